The summed E-state index contributed by atoms with van der Waals surface area (Å²) in [6.45, 7) is 9.78. The number of hydrogen-bond acceptors (Lipinski definition) is 5. The Morgan fingerprint density at radius 2 is 1.96 bits per heavy atom. The van der Waals surface area contributed by atoms with Crippen molar-refractivity contribution in [3.63, 3.8) is 0 Å². The van der Waals surface area contributed by atoms with Gasteiger partial charge in [-0.3, -0.25) is 4.99 Å². The highest BCUT2D eigenvalue weighted by atomic mass is 32.1. The molecule has 1 fully saturated rings. The highest BCUT2D eigenvalue weighted by Crippen LogP contribution is 2.20. The first-order valence-electron chi connectivity index (χ1n) is 9.53. The number of rotatable bonds is 6. The lowest BCUT2D eigenvalue weighted by atomic mass is 10.2. The monoisotopic (exact) mass is 387 g/mol. The number of aromatic nitrogens is 1. The molecule has 1 N–H and O–H groups in total. The summed E-state index contributed by atoms with van der Waals surface area (Å²) in [5, 5.41) is 4.60. The van der Waals surface area contributed by atoms with Crippen molar-refractivity contribution in [3.8, 4) is 5.75 Å². The van der Waals surface area contributed by atoms with E-state index in [0.717, 1.165) is 62.4 Å². The summed E-state index contributed by atoms with van der Waals surface area (Å²) in [5.41, 5.74) is 1.25. The number of anilines is 1. The van der Waals surface area contributed by atoms with Crippen LogP contribution in [0.25, 0.3) is 0 Å². The van der Waals surface area contributed by atoms with Gasteiger partial charge in [-0.25, -0.2) is 4.98 Å². The molecule has 1 saturated heterocycles. The van der Waals surface area contributed by atoms with Crippen LogP contribution in [0.3, 0.4) is 0 Å². The van der Waals surface area contributed by atoms with Crippen LogP contribution in [-0.2, 0) is 6.42 Å². The second kappa shape index (κ2) is 9.60. The Kier molecular flexibility index (Phi) is 6.92. The second-order valence-electron chi connectivity index (χ2n) is 6.52. The third kappa shape index (κ3) is 5.35. The van der Waals surface area contributed by atoms with E-state index in [2.05, 4.69) is 46.1 Å². The summed E-state index contributed by atoms with van der Waals surface area (Å²) in [6, 6.07) is 8.30. The Morgan fingerprint density at radius 1 is 1.22 bits per heavy atom. The van der Waals surface area contributed by atoms with E-state index in [-0.39, 0.29) is 0 Å². The molecular weight excluding hydrogens is 358 g/mol. The molecule has 1 aromatic heterocycles. The van der Waals surface area contributed by atoms with Gasteiger partial charge in [0.15, 0.2) is 5.96 Å². The van der Waals surface area contributed by atoms with Gasteiger partial charge >= 0.3 is 0 Å². The van der Waals surface area contributed by atoms with E-state index in [0.29, 0.717) is 0 Å². The summed E-state index contributed by atoms with van der Waals surface area (Å²) in [6.07, 6.45) is 2.84. The molecule has 1 aromatic carbocycles. The highest BCUT2D eigenvalue weighted by molar-refractivity contribution is 7.11. The van der Waals surface area contributed by atoms with Crippen LogP contribution in [0, 0.1) is 6.92 Å². The Balaban J connectivity index is 1.54. The van der Waals surface area contributed by atoms with Gasteiger partial charge in [0, 0.05) is 62.5 Å². The summed E-state index contributed by atoms with van der Waals surface area (Å²) in [7, 11) is 1.70. The molecule has 2 heterocycles. The lowest BCUT2D eigenvalue weighted by molar-refractivity contribution is 0.372. The van der Waals surface area contributed by atoms with Crippen molar-refractivity contribution in [2.75, 3.05) is 51.3 Å². The standard InChI is InChI=1S/C20H29N5OS/c1-4-21-20(22-10-9-19-23-15-16(2)27-19)25-13-11-24(12-14-25)17-5-7-18(26-3)8-6-17/h5-8,15H,4,9-14H2,1-3H3,(H,21,22). The average molecular weight is 388 g/mol. The molecular formula is C20H29N5OS. The Labute approximate surface area is 165 Å². The van der Waals surface area contributed by atoms with Crippen LogP contribution in [0.2, 0.25) is 0 Å². The van der Waals surface area contributed by atoms with Crippen LogP contribution in [0.5, 0.6) is 5.75 Å². The van der Waals surface area contributed by atoms with E-state index in [1.807, 2.05) is 18.3 Å². The number of aliphatic imine (C=N–C) groups is 1. The summed E-state index contributed by atoms with van der Waals surface area (Å²) in [4.78, 5) is 15.3. The molecule has 6 nitrogen and oxygen atoms in total. The van der Waals surface area contributed by atoms with Crippen molar-refractivity contribution < 1.29 is 4.74 Å². The van der Waals surface area contributed by atoms with Crippen molar-refractivity contribution in [2.45, 2.75) is 20.3 Å². The number of aryl methyl sites for hydroxylation is 1. The molecule has 0 unspecified atom stereocenters. The number of hydrogen-bond donors (Lipinski definition) is 1. The summed E-state index contributed by atoms with van der Waals surface area (Å²) >= 11 is 1.76. The molecule has 0 spiro atoms. The van der Waals surface area contributed by atoms with E-state index in [4.69, 9.17) is 9.73 Å². The smallest absolute Gasteiger partial charge is 0.194 e. The van der Waals surface area contributed by atoms with Crippen molar-refractivity contribution in [1.82, 2.24) is 15.2 Å². The third-order valence-electron chi connectivity index (χ3n) is 4.61. The van der Waals surface area contributed by atoms with Crippen LogP contribution in [-0.4, -0.2) is 62.2 Å². The largest absolute Gasteiger partial charge is 0.497 e. The Bertz CT molecular complexity index is 735. The van der Waals surface area contributed by atoms with Crippen molar-refractivity contribution >= 4 is 23.0 Å². The van der Waals surface area contributed by atoms with Gasteiger partial charge in [0.25, 0.3) is 0 Å². The molecule has 3 rings (SSSR count). The SMILES string of the molecule is CCNC(=NCCc1ncc(C)s1)N1CCN(c2ccc(OC)cc2)CC1. The van der Waals surface area contributed by atoms with E-state index in [9.17, 15) is 0 Å². The molecule has 0 aliphatic carbocycles. The lowest BCUT2D eigenvalue weighted by Crippen LogP contribution is -2.52. The number of piperazine rings is 1. The molecule has 7 heteroatoms. The van der Waals surface area contributed by atoms with Crippen molar-refractivity contribution in [3.05, 3.63) is 40.3 Å². The maximum absolute atomic E-state index is 5.25. The fourth-order valence-corrected chi connectivity index (χ4v) is 3.95. The maximum atomic E-state index is 5.25. The second-order valence-corrected chi connectivity index (χ2v) is 7.84. The van der Waals surface area contributed by atoms with E-state index in [1.165, 1.54) is 10.6 Å². The first-order chi connectivity index (χ1) is 13.2. The van der Waals surface area contributed by atoms with Crippen LogP contribution >= 0.6 is 11.3 Å². The normalized spacial score (nSPS) is 15.1. The van der Waals surface area contributed by atoms with Gasteiger partial charge in [-0.15, -0.1) is 11.3 Å². The number of ether oxygens (including phenoxy) is 1. The van der Waals surface area contributed by atoms with Crippen molar-refractivity contribution in [2.24, 2.45) is 4.99 Å². The summed E-state index contributed by atoms with van der Waals surface area (Å²) in [5.74, 6) is 1.91. The lowest BCUT2D eigenvalue weighted by Gasteiger charge is -2.37. The molecule has 1 aliphatic rings. The number of methoxy groups -OCH3 is 1. The van der Waals surface area contributed by atoms with Gasteiger partial charge < -0.3 is 19.9 Å². The average Bonchev–Trinajstić information content (AvgIpc) is 3.13. The molecule has 27 heavy (non-hydrogen) atoms. The molecule has 0 saturated carbocycles. The van der Waals surface area contributed by atoms with E-state index < -0.39 is 0 Å². The molecule has 0 atom stereocenters. The first-order valence-corrected chi connectivity index (χ1v) is 10.3. The third-order valence-corrected chi connectivity index (χ3v) is 5.58. The zero-order valence-electron chi connectivity index (χ0n) is 16.4. The quantitative estimate of drug-likeness (QED) is 0.610. The predicted molar refractivity (Wildman–Crippen MR) is 113 cm³/mol. The number of thiazole rings is 1. The zero-order valence-corrected chi connectivity index (χ0v) is 17.3. The summed E-state index contributed by atoms with van der Waals surface area (Å²) < 4.78 is 5.25. The van der Waals surface area contributed by atoms with Crippen LogP contribution in [0.4, 0.5) is 5.69 Å². The minimum absolute atomic E-state index is 0.772. The predicted octanol–water partition coefficient (Wildman–Crippen LogP) is 2.79. The van der Waals surface area contributed by atoms with Crippen LogP contribution in [0.1, 0.15) is 16.8 Å². The van der Waals surface area contributed by atoms with Gasteiger partial charge in [-0.2, -0.15) is 0 Å². The molecule has 1 aliphatic heterocycles. The minimum atomic E-state index is 0.772. The maximum Gasteiger partial charge on any atom is 0.194 e. The van der Waals surface area contributed by atoms with Gasteiger partial charge in [0.2, 0.25) is 0 Å². The van der Waals surface area contributed by atoms with Gasteiger partial charge in [0.1, 0.15) is 5.75 Å². The fraction of sp³-hybridized carbons (Fsp3) is 0.500. The van der Waals surface area contributed by atoms with E-state index >= 15 is 0 Å². The molecule has 2 aromatic rings. The zero-order chi connectivity index (χ0) is 19.1. The van der Waals surface area contributed by atoms with Crippen LogP contribution < -0.4 is 15.0 Å². The van der Waals surface area contributed by atoms with Crippen molar-refractivity contribution in [1.29, 1.82) is 0 Å². The highest BCUT2D eigenvalue weighted by Gasteiger charge is 2.19. The topological polar surface area (TPSA) is 53.0 Å². The van der Waals surface area contributed by atoms with E-state index in [1.54, 1.807) is 18.4 Å². The molecule has 0 bridgehead atoms. The molecule has 0 radical (unpaired) electrons. The van der Waals surface area contributed by atoms with Crippen LogP contribution in [0.15, 0.2) is 35.5 Å². The Morgan fingerprint density at radius 3 is 2.56 bits per heavy atom. The molecule has 0 amide bonds. The number of guanidine groups is 1. The van der Waals surface area contributed by atoms with Gasteiger partial charge in [-0.05, 0) is 38.1 Å². The minimum Gasteiger partial charge on any atom is -0.497 e. The van der Waals surface area contributed by atoms with Gasteiger partial charge in [-0.1, -0.05) is 0 Å². The molecule has 146 valence electrons. The number of nitrogens with zero attached hydrogens (tertiary/aromatic N) is 4. The Hall–Kier alpha value is -2.28. The fourth-order valence-electron chi connectivity index (χ4n) is 3.17. The number of nitrogens with one attached hydrogen (secondary N) is 1. The van der Waals surface area contributed by atoms with Gasteiger partial charge in [0.05, 0.1) is 12.1 Å². The first kappa shape index (κ1) is 19.5. The number of benzene rings is 1.